The first-order chi connectivity index (χ1) is 10.8. The van der Waals surface area contributed by atoms with Crippen molar-refractivity contribution in [2.75, 3.05) is 25.5 Å². The van der Waals surface area contributed by atoms with Gasteiger partial charge in [0.2, 0.25) is 5.91 Å². The molecule has 0 spiro atoms. The molecule has 0 atom stereocenters. The van der Waals surface area contributed by atoms with Crippen molar-refractivity contribution >= 4 is 22.4 Å². The maximum Gasteiger partial charge on any atom is 0.229 e. The summed E-state index contributed by atoms with van der Waals surface area (Å²) in [6.07, 6.45) is 1.78. The number of anilines is 1. The Hall–Kier alpha value is -1.92. The normalized spacial score (nSPS) is 15.5. The molecule has 1 aromatic carbocycles. The Morgan fingerprint density at radius 1 is 1.41 bits per heavy atom. The number of rotatable bonds is 4. The standard InChI is InChI=1S/C16H19N3O2S/c1-21-13-4-2-3-12(9-13)14-10-22-16(18-14)19-15(20)11-5-7-17-8-6-11/h2-4,9-11,17H,5-8H2,1H3,(H,18,19,20). The molecule has 0 saturated carbocycles. The molecule has 0 unspecified atom stereocenters. The summed E-state index contributed by atoms with van der Waals surface area (Å²) in [4.78, 5) is 16.7. The molecule has 2 N–H and O–H groups in total. The van der Waals surface area contributed by atoms with Crippen LogP contribution in [0.4, 0.5) is 5.13 Å². The molecule has 0 bridgehead atoms. The van der Waals surface area contributed by atoms with E-state index in [2.05, 4.69) is 15.6 Å². The number of aromatic nitrogens is 1. The molecule has 22 heavy (non-hydrogen) atoms. The van der Waals surface area contributed by atoms with Gasteiger partial charge in [0.1, 0.15) is 5.75 Å². The van der Waals surface area contributed by atoms with Crippen molar-refractivity contribution in [2.45, 2.75) is 12.8 Å². The first-order valence-electron chi connectivity index (χ1n) is 7.38. The van der Waals surface area contributed by atoms with Gasteiger partial charge in [-0.25, -0.2) is 4.98 Å². The molecule has 1 amide bonds. The molecule has 3 rings (SSSR count). The topological polar surface area (TPSA) is 63.2 Å². The Kier molecular flexibility index (Phi) is 4.70. The molecule has 1 aromatic heterocycles. The third-order valence-electron chi connectivity index (χ3n) is 3.81. The van der Waals surface area contributed by atoms with E-state index in [4.69, 9.17) is 4.74 Å². The number of nitrogens with zero attached hydrogens (tertiary/aromatic N) is 1. The lowest BCUT2D eigenvalue weighted by atomic mass is 9.97. The Labute approximate surface area is 133 Å². The summed E-state index contributed by atoms with van der Waals surface area (Å²) in [6.45, 7) is 1.82. The minimum Gasteiger partial charge on any atom is -0.497 e. The number of carbonyl (C=O) groups is 1. The largest absolute Gasteiger partial charge is 0.497 e. The monoisotopic (exact) mass is 317 g/mol. The number of carbonyl (C=O) groups excluding carboxylic acids is 1. The molecule has 1 saturated heterocycles. The summed E-state index contributed by atoms with van der Waals surface area (Å²) in [5.41, 5.74) is 1.84. The highest BCUT2D eigenvalue weighted by Crippen LogP contribution is 2.28. The summed E-state index contributed by atoms with van der Waals surface area (Å²) in [5, 5.41) is 8.81. The number of amides is 1. The van der Waals surface area contributed by atoms with E-state index in [1.54, 1.807) is 7.11 Å². The van der Waals surface area contributed by atoms with Gasteiger partial charge in [-0.15, -0.1) is 11.3 Å². The van der Waals surface area contributed by atoms with E-state index in [9.17, 15) is 4.79 Å². The first kappa shape index (κ1) is 15.0. The maximum absolute atomic E-state index is 12.2. The number of methoxy groups -OCH3 is 1. The Morgan fingerprint density at radius 3 is 3.00 bits per heavy atom. The quantitative estimate of drug-likeness (QED) is 0.910. The van der Waals surface area contributed by atoms with Crippen molar-refractivity contribution < 1.29 is 9.53 Å². The van der Waals surface area contributed by atoms with Crippen LogP contribution in [0.25, 0.3) is 11.3 Å². The Bertz CT molecular complexity index is 650. The van der Waals surface area contributed by atoms with E-state index >= 15 is 0 Å². The second kappa shape index (κ2) is 6.89. The lowest BCUT2D eigenvalue weighted by molar-refractivity contribution is -0.120. The Morgan fingerprint density at radius 2 is 2.23 bits per heavy atom. The van der Waals surface area contributed by atoms with Crippen molar-refractivity contribution in [1.82, 2.24) is 10.3 Å². The molecule has 1 aliphatic heterocycles. The van der Waals surface area contributed by atoms with Gasteiger partial charge in [0.15, 0.2) is 5.13 Å². The van der Waals surface area contributed by atoms with E-state index in [1.165, 1.54) is 11.3 Å². The van der Waals surface area contributed by atoms with Gasteiger partial charge < -0.3 is 15.4 Å². The van der Waals surface area contributed by atoms with Crippen LogP contribution in [-0.2, 0) is 4.79 Å². The van der Waals surface area contributed by atoms with Crippen molar-refractivity contribution in [3.8, 4) is 17.0 Å². The SMILES string of the molecule is COc1cccc(-c2csc(NC(=O)C3CCNCC3)n2)c1. The van der Waals surface area contributed by atoms with Crippen molar-refractivity contribution in [2.24, 2.45) is 5.92 Å². The Balaban J connectivity index is 1.69. The predicted octanol–water partition coefficient (Wildman–Crippen LogP) is 2.76. The third kappa shape index (κ3) is 3.45. The van der Waals surface area contributed by atoms with Gasteiger partial charge in [-0.2, -0.15) is 0 Å². The van der Waals surface area contributed by atoms with Crippen LogP contribution < -0.4 is 15.4 Å². The average molecular weight is 317 g/mol. The highest BCUT2D eigenvalue weighted by molar-refractivity contribution is 7.14. The van der Waals surface area contributed by atoms with Gasteiger partial charge in [-0.3, -0.25) is 4.79 Å². The van der Waals surface area contributed by atoms with E-state index in [1.807, 2.05) is 29.6 Å². The van der Waals surface area contributed by atoms with Gasteiger partial charge in [0.25, 0.3) is 0 Å². The van der Waals surface area contributed by atoms with Crippen LogP contribution in [0.15, 0.2) is 29.6 Å². The van der Waals surface area contributed by atoms with Crippen molar-refractivity contribution in [3.63, 3.8) is 0 Å². The molecular formula is C16H19N3O2S. The number of ether oxygens (including phenoxy) is 1. The highest BCUT2D eigenvalue weighted by Gasteiger charge is 2.21. The first-order valence-corrected chi connectivity index (χ1v) is 8.26. The smallest absolute Gasteiger partial charge is 0.229 e. The van der Waals surface area contributed by atoms with Crippen LogP contribution in [0.1, 0.15) is 12.8 Å². The zero-order valence-corrected chi connectivity index (χ0v) is 13.3. The molecule has 1 fully saturated rings. The molecule has 2 heterocycles. The number of hydrogen-bond donors (Lipinski definition) is 2. The fraction of sp³-hybridized carbons (Fsp3) is 0.375. The van der Waals surface area contributed by atoms with E-state index in [-0.39, 0.29) is 11.8 Å². The number of nitrogens with one attached hydrogen (secondary N) is 2. The fourth-order valence-electron chi connectivity index (χ4n) is 2.54. The van der Waals surface area contributed by atoms with Gasteiger partial charge >= 0.3 is 0 Å². The maximum atomic E-state index is 12.2. The predicted molar refractivity (Wildman–Crippen MR) is 88.3 cm³/mol. The van der Waals surface area contributed by atoms with E-state index < -0.39 is 0 Å². The van der Waals surface area contributed by atoms with Gasteiger partial charge in [-0.1, -0.05) is 12.1 Å². The molecule has 6 heteroatoms. The number of hydrogen-bond acceptors (Lipinski definition) is 5. The molecular weight excluding hydrogens is 298 g/mol. The van der Waals surface area contributed by atoms with Crippen molar-refractivity contribution in [1.29, 1.82) is 0 Å². The summed E-state index contributed by atoms with van der Waals surface area (Å²) < 4.78 is 5.23. The van der Waals surface area contributed by atoms with Crippen LogP contribution in [-0.4, -0.2) is 31.1 Å². The van der Waals surface area contributed by atoms with Crippen LogP contribution in [0.2, 0.25) is 0 Å². The number of benzene rings is 1. The van der Waals surface area contributed by atoms with Crippen LogP contribution in [0, 0.1) is 5.92 Å². The lowest BCUT2D eigenvalue weighted by Gasteiger charge is -2.20. The second-order valence-corrected chi connectivity index (χ2v) is 6.14. The zero-order chi connectivity index (χ0) is 15.4. The fourth-order valence-corrected chi connectivity index (χ4v) is 3.26. The minimum atomic E-state index is 0.0769. The summed E-state index contributed by atoms with van der Waals surface area (Å²) in [6, 6.07) is 7.75. The average Bonchev–Trinajstić information content (AvgIpc) is 3.04. The molecule has 116 valence electrons. The molecule has 1 aliphatic rings. The lowest BCUT2D eigenvalue weighted by Crippen LogP contribution is -2.34. The second-order valence-electron chi connectivity index (χ2n) is 5.28. The molecule has 5 nitrogen and oxygen atoms in total. The summed E-state index contributed by atoms with van der Waals surface area (Å²) >= 11 is 1.45. The van der Waals surface area contributed by atoms with Crippen LogP contribution >= 0.6 is 11.3 Å². The van der Waals surface area contributed by atoms with Crippen LogP contribution in [0.5, 0.6) is 5.75 Å². The summed E-state index contributed by atoms with van der Waals surface area (Å²) in [5.74, 6) is 0.962. The molecule has 2 aromatic rings. The molecule has 0 radical (unpaired) electrons. The van der Waals surface area contributed by atoms with E-state index in [0.29, 0.717) is 5.13 Å². The minimum absolute atomic E-state index is 0.0769. The zero-order valence-electron chi connectivity index (χ0n) is 12.5. The van der Waals surface area contributed by atoms with Crippen LogP contribution in [0.3, 0.4) is 0 Å². The van der Waals surface area contributed by atoms with Gasteiger partial charge in [-0.05, 0) is 38.1 Å². The van der Waals surface area contributed by atoms with Gasteiger partial charge in [0, 0.05) is 16.9 Å². The molecule has 0 aliphatic carbocycles. The van der Waals surface area contributed by atoms with Gasteiger partial charge in [0.05, 0.1) is 12.8 Å². The third-order valence-corrected chi connectivity index (χ3v) is 4.57. The van der Waals surface area contributed by atoms with Crippen molar-refractivity contribution in [3.05, 3.63) is 29.6 Å². The summed E-state index contributed by atoms with van der Waals surface area (Å²) in [7, 11) is 1.64. The van der Waals surface area contributed by atoms with E-state index in [0.717, 1.165) is 42.9 Å². The number of piperidine rings is 1. The highest BCUT2D eigenvalue weighted by atomic mass is 32.1. The number of thiazole rings is 1.